The Labute approximate surface area is 146 Å². The highest BCUT2D eigenvalue weighted by Gasteiger charge is 2.10. The Hall–Kier alpha value is -1.55. The number of rotatable bonds is 5. The SMILES string of the molecule is CN(C)CCCNc1c2ccc(Cl)cc2nc2ccc(Cl)cc12. The van der Waals surface area contributed by atoms with Crippen molar-refractivity contribution in [3.63, 3.8) is 0 Å². The van der Waals surface area contributed by atoms with Gasteiger partial charge in [-0.15, -0.1) is 0 Å². The van der Waals surface area contributed by atoms with Crippen molar-refractivity contribution in [3.05, 3.63) is 46.4 Å². The lowest BCUT2D eigenvalue weighted by Gasteiger charge is -2.15. The number of aromatic nitrogens is 1. The molecule has 0 aliphatic rings. The zero-order valence-electron chi connectivity index (χ0n) is 13.2. The molecular weight excluding hydrogens is 329 g/mol. The van der Waals surface area contributed by atoms with Crippen molar-refractivity contribution in [3.8, 4) is 0 Å². The number of nitrogens with one attached hydrogen (secondary N) is 1. The lowest BCUT2D eigenvalue weighted by atomic mass is 10.1. The first-order chi connectivity index (χ1) is 11.0. The van der Waals surface area contributed by atoms with Crippen LogP contribution in [0.2, 0.25) is 10.0 Å². The van der Waals surface area contributed by atoms with Gasteiger partial charge in [0, 0.05) is 27.4 Å². The normalized spacial score (nSPS) is 11.5. The molecule has 23 heavy (non-hydrogen) atoms. The summed E-state index contributed by atoms with van der Waals surface area (Å²) in [6.07, 6.45) is 1.06. The second kappa shape index (κ2) is 6.91. The van der Waals surface area contributed by atoms with Crippen molar-refractivity contribution < 1.29 is 0 Å². The minimum Gasteiger partial charge on any atom is -0.384 e. The predicted octanol–water partition coefficient (Wildman–Crippen LogP) is 5.06. The van der Waals surface area contributed by atoms with Gasteiger partial charge in [0.05, 0.1) is 16.7 Å². The van der Waals surface area contributed by atoms with Crippen LogP contribution in [0.15, 0.2) is 36.4 Å². The summed E-state index contributed by atoms with van der Waals surface area (Å²) in [5.74, 6) is 0. The lowest BCUT2D eigenvalue weighted by Crippen LogP contribution is -2.16. The fourth-order valence-electron chi connectivity index (χ4n) is 2.69. The van der Waals surface area contributed by atoms with Crippen LogP contribution in [-0.2, 0) is 0 Å². The second-order valence-electron chi connectivity index (χ2n) is 5.89. The monoisotopic (exact) mass is 347 g/mol. The van der Waals surface area contributed by atoms with Crippen LogP contribution in [0.1, 0.15) is 6.42 Å². The standard InChI is InChI=1S/C18H19Cl2N3/c1-23(2)9-3-8-21-18-14-6-4-13(20)11-17(14)22-16-7-5-12(19)10-15(16)18/h4-7,10-11H,3,8-9H2,1-2H3,(H,21,22). The summed E-state index contributed by atoms with van der Waals surface area (Å²) >= 11 is 12.3. The van der Waals surface area contributed by atoms with E-state index in [2.05, 4.69) is 24.3 Å². The lowest BCUT2D eigenvalue weighted by molar-refractivity contribution is 0.405. The van der Waals surface area contributed by atoms with E-state index in [4.69, 9.17) is 28.2 Å². The fraction of sp³-hybridized carbons (Fsp3) is 0.278. The second-order valence-corrected chi connectivity index (χ2v) is 6.77. The van der Waals surface area contributed by atoms with Crippen LogP contribution in [-0.4, -0.2) is 37.1 Å². The molecule has 0 aliphatic heterocycles. The van der Waals surface area contributed by atoms with E-state index < -0.39 is 0 Å². The highest BCUT2D eigenvalue weighted by molar-refractivity contribution is 6.32. The molecule has 0 fully saturated rings. The van der Waals surface area contributed by atoms with Crippen molar-refractivity contribution in [1.82, 2.24) is 9.88 Å². The first-order valence-corrected chi connectivity index (χ1v) is 8.37. The minimum atomic E-state index is 0.692. The van der Waals surface area contributed by atoms with E-state index in [1.807, 2.05) is 36.4 Å². The van der Waals surface area contributed by atoms with Crippen LogP contribution in [0.3, 0.4) is 0 Å². The summed E-state index contributed by atoms with van der Waals surface area (Å²) in [5.41, 5.74) is 2.88. The van der Waals surface area contributed by atoms with Gasteiger partial charge in [-0.05, 0) is 63.5 Å². The van der Waals surface area contributed by atoms with Gasteiger partial charge >= 0.3 is 0 Å². The van der Waals surface area contributed by atoms with Gasteiger partial charge in [-0.25, -0.2) is 4.98 Å². The number of nitrogens with zero attached hydrogens (tertiary/aromatic N) is 2. The number of pyridine rings is 1. The molecule has 0 saturated heterocycles. The van der Waals surface area contributed by atoms with Crippen LogP contribution in [0, 0.1) is 0 Å². The van der Waals surface area contributed by atoms with E-state index in [1.54, 1.807) is 0 Å². The zero-order chi connectivity index (χ0) is 16.4. The maximum atomic E-state index is 6.19. The van der Waals surface area contributed by atoms with Gasteiger partial charge in [0.15, 0.2) is 0 Å². The minimum absolute atomic E-state index is 0.692. The average molecular weight is 348 g/mol. The van der Waals surface area contributed by atoms with Gasteiger partial charge in [-0.1, -0.05) is 23.2 Å². The van der Waals surface area contributed by atoms with E-state index >= 15 is 0 Å². The van der Waals surface area contributed by atoms with Gasteiger partial charge in [0.2, 0.25) is 0 Å². The molecule has 0 saturated carbocycles. The molecule has 5 heteroatoms. The van der Waals surface area contributed by atoms with E-state index in [0.717, 1.165) is 47.0 Å². The summed E-state index contributed by atoms with van der Waals surface area (Å²) in [5, 5.41) is 7.07. The third-order valence-electron chi connectivity index (χ3n) is 3.78. The number of anilines is 1. The molecule has 120 valence electrons. The van der Waals surface area contributed by atoms with Crippen LogP contribution in [0.25, 0.3) is 21.8 Å². The number of halogens is 2. The van der Waals surface area contributed by atoms with Crippen LogP contribution >= 0.6 is 23.2 Å². The Morgan fingerprint density at radius 1 is 0.957 bits per heavy atom. The molecule has 1 N–H and O–H groups in total. The van der Waals surface area contributed by atoms with Crippen LogP contribution in [0.5, 0.6) is 0 Å². The third-order valence-corrected chi connectivity index (χ3v) is 4.25. The molecule has 0 amide bonds. The molecular formula is C18H19Cl2N3. The topological polar surface area (TPSA) is 28.2 Å². The number of hydrogen-bond acceptors (Lipinski definition) is 3. The number of benzene rings is 2. The summed E-state index contributed by atoms with van der Waals surface area (Å²) in [6, 6.07) is 11.6. The molecule has 3 nitrogen and oxygen atoms in total. The molecule has 3 rings (SSSR count). The molecule has 1 aromatic heterocycles. The van der Waals surface area contributed by atoms with Crippen molar-refractivity contribution >= 4 is 50.7 Å². The first kappa shape index (κ1) is 16.3. The van der Waals surface area contributed by atoms with E-state index in [-0.39, 0.29) is 0 Å². The molecule has 0 spiro atoms. The van der Waals surface area contributed by atoms with E-state index in [0.29, 0.717) is 10.0 Å². The molecule has 0 atom stereocenters. The van der Waals surface area contributed by atoms with Crippen molar-refractivity contribution in [1.29, 1.82) is 0 Å². The molecule has 0 radical (unpaired) electrons. The number of hydrogen-bond donors (Lipinski definition) is 1. The molecule has 3 aromatic rings. The van der Waals surface area contributed by atoms with Crippen molar-refractivity contribution in [2.24, 2.45) is 0 Å². The molecule has 0 aliphatic carbocycles. The molecule has 1 heterocycles. The summed E-state index contributed by atoms with van der Waals surface area (Å²) < 4.78 is 0. The quantitative estimate of drug-likeness (QED) is 0.516. The van der Waals surface area contributed by atoms with Crippen LogP contribution in [0.4, 0.5) is 5.69 Å². The smallest absolute Gasteiger partial charge is 0.0745 e. The van der Waals surface area contributed by atoms with Crippen LogP contribution < -0.4 is 5.32 Å². The summed E-state index contributed by atoms with van der Waals surface area (Å²) in [7, 11) is 4.16. The predicted molar refractivity (Wildman–Crippen MR) is 101 cm³/mol. The summed E-state index contributed by atoms with van der Waals surface area (Å²) in [6.45, 7) is 1.93. The van der Waals surface area contributed by atoms with Crippen molar-refractivity contribution in [2.75, 3.05) is 32.5 Å². The first-order valence-electron chi connectivity index (χ1n) is 7.62. The van der Waals surface area contributed by atoms with Gasteiger partial charge < -0.3 is 10.2 Å². The summed E-state index contributed by atoms with van der Waals surface area (Å²) in [4.78, 5) is 6.89. The average Bonchev–Trinajstić information content (AvgIpc) is 2.50. The third kappa shape index (κ3) is 3.69. The fourth-order valence-corrected chi connectivity index (χ4v) is 3.03. The Morgan fingerprint density at radius 3 is 2.48 bits per heavy atom. The highest BCUT2D eigenvalue weighted by atomic mass is 35.5. The Bertz CT molecular complexity index is 846. The van der Waals surface area contributed by atoms with Gasteiger partial charge in [-0.3, -0.25) is 0 Å². The van der Waals surface area contributed by atoms with Gasteiger partial charge in [-0.2, -0.15) is 0 Å². The Morgan fingerprint density at radius 2 is 1.70 bits per heavy atom. The van der Waals surface area contributed by atoms with Crippen molar-refractivity contribution in [2.45, 2.75) is 6.42 Å². The van der Waals surface area contributed by atoms with Gasteiger partial charge in [0.25, 0.3) is 0 Å². The largest absolute Gasteiger partial charge is 0.384 e. The Kier molecular flexibility index (Phi) is 4.90. The molecule has 2 aromatic carbocycles. The molecule has 0 unspecified atom stereocenters. The maximum Gasteiger partial charge on any atom is 0.0745 e. The zero-order valence-corrected chi connectivity index (χ0v) is 14.7. The maximum absolute atomic E-state index is 6.19. The number of fused-ring (bicyclic) bond motifs is 2. The van der Waals surface area contributed by atoms with Gasteiger partial charge in [0.1, 0.15) is 0 Å². The van der Waals surface area contributed by atoms with E-state index in [1.165, 1.54) is 0 Å². The van der Waals surface area contributed by atoms with E-state index in [9.17, 15) is 0 Å². The Balaban J connectivity index is 2.07. The molecule has 0 bridgehead atoms. The highest BCUT2D eigenvalue weighted by Crippen LogP contribution is 2.33.